The smallest absolute Gasteiger partial charge is 0.185 e. The van der Waals surface area contributed by atoms with Crippen molar-refractivity contribution in [3.63, 3.8) is 0 Å². The first kappa shape index (κ1) is 14.7. The van der Waals surface area contributed by atoms with E-state index >= 15 is 0 Å². The molecule has 5 nitrogen and oxygen atoms in total. The van der Waals surface area contributed by atoms with Gasteiger partial charge in [0.15, 0.2) is 17.2 Å². The Kier molecular flexibility index (Phi) is 3.66. The van der Waals surface area contributed by atoms with Crippen LogP contribution in [0.15, 0.2) is 18.2 Å². The van der Waals surface area contributed by atoms with Gasteiger partial charge < -0.3 is 23.9 Å². The summed E-state index contributed by atoms with van der Waals surface area (Å²) >= 11 is 6.20. The highest BCUT2D eigenvalue weighted by atomic mass is 35.5. The zero-order valence-corrected chi connectivity index (χ0v) is 13.5. The van der Waals surface area contributed by atoms with Gasteiger partial charge in [0.25, 0.3) is 0 Å². The van der Waals surface area contributed by atoms with Crippen molar-refractivity contribution in [1.82, 2.24) is 4.98 Å². The van der Waals surface area contributed by atoms with Crippen LogP contribution < -0.4 is 18.9 Å². The molecular formula is C16H16ClNO4. The largest absolute Gasteiger partial charge is 0.496 e. The number of aromatic amines is 1. The molecule has 0 radical (unpaired) electrons. The molecule has 2 aromatic carbocycles. The minimum absolute atomic E-state index is 0.534. The van der Waals surface area contributed by atoms with E-state index in [9.17, 15) is 0 Å². The highest BCUT2D eigenvalue weighted by Crippen LogP contribution is 2.46. The number of benzene rings is 2. The van der Waals surface area contributed by atoms with Crippen molar-refractivity contribution in [3.8, 4) is 23.0 Å². The third kappa shape index (κ3) is 1.93. The molecule has 0 amide bonds. The van der Waals surface area contributed by atoms with Crippen LogP contribution in [0.25, 0.3) is 21.8 Å². The Labute approximate surface area is 132 Å². The van der Waals surface area contributed by atoms with Crippen molar-refractivity contribution in [1.29, 1.82) is 0 Å². The standard InChI is InChI=1S/C16H16ClNO4/c1-19-10-7-11(20-2)16(22-4)14-12(10)8-5-6-9(17)15(21-3)13(8)18-14/h5-7,18H,1-4H3. The Morgan fingerprint density at radius 2 is 1.50 bits per heavy atom. The molecule has 0 saturated heterocycles. The molecule has 3 aromatic rings. The normalized spacial score (nSPS) is 11.0. The number of aromatic nitrogens is 1. The molecule has 0 spiro atoms. The number of ether oxygens (including phenoxy) is 4. The Balaban J connectivity index is 2.54. The van der Waals surface area contributed by atoms with Crippen molar-refractivity contribution < 1.29 is 18.9 Å². The van der Waals surface area contributed by atoms with E-state index in [1.54, 1.807) is 40.6 Å². The van der Waals surface area contributed by atoms with Crippen molar-refractivity contribution in [3.05, 3.63) is 23.2 Å². The molecule has 6 heteroatoms. The highest BCUT2D eigenvalue weighted by molar-refractivity contribution is 6.33. The lowest BCUT2D eigenvalue weighted by molar-refractivity contribution is 0.353. The molecule has 116 valence electrons. The van der Waals surface area contributed by atoms with Gasteiger partial charge in [-0.2, -0.15) is 0 Å². The molecule has 0 bridgehead atoms. The minimum Gasteiger partial charge on any atom is -0.496 e. The monoisotopic (exact) mass is 321 g/mol. The van der Waals surface area contributed by atoms with E-state index < -0.39 is 0 Å². The number of methoxy groups -OCH3 is 4. The van der Waals surface area contributed by atoms with Gasteiger partial charge in [-0.25, -0.2) is 0 Å². The van der Waals surface area contributed by atoms with Crippen LogP contribution in [0.3, 0.4) is 0 Å². The molecular weight excluding hydrogens is 306 g/mol. The van der Waals surface area contributed by atoms with Gasteiger partial charge in [0.2, 0.25) is 0 Å². The van der Waals surface area contributed by atoms with E-state index in [1.807, 2.05) is 6.07 Å². The SMILES string of the molecule is COc1cc(OC)c2c([nH]c3c(OC)c(Cl)ccc32)c1OC. The van der Waals surface area contributed by atoms with Gasteiger partial charge in [0.05, 0.1) is 49.9 Å². The zero-order valence-electron chi connectivity index (χ0n) is 12.7. The van der Waals surface area contributed by atoms with Crippen molar-refractivity contribution >= 4 is 33.4 Å². The summed E-state index contributed by atoms with van der Waals surface area (Å²) in [4.78, 5) is 3.31. The fourth-order valence-corrected chi connectivity index (χ4v) is 2.97. The van der Waals surface area contributed by atoms with Crippen LogP contribution in [0.4, 0.5) is 0 Å². The quantitative estimate of drug-likeness (QED) is 0.789. The first-order valence-electron chi connectivity index (χ1n) is 6.63. The maximum Gasteiger partial charge on any atom is 0.185 e. The zero-order chi connectivity index (χ0) is 15.9. The van der Waals surface area contributed by atoms with Gasteiger partial charge in [0, 0.05) is 11.5 Å². The lowest BCUT2D eigenvalue weighted by atomic mass is 10.1. The number of hydrogen-bond donors (Lipinski definition) is 1. The average Bonchev–Trinajstić information content (AvgIpc) is 2.92. The Hall–Kier alpha value is -2.27. The fourth-order valence-electron chi connectivity index (χ4n) is 2.73. The third-order valence-corrected chi connectivity index (χ3v) is 3.98. The van der Waals surface area contributed by atoms with Gasteiger partial charge in [-0.15, -0.1) is 0 Å². The molecule has 22 heavy (non-hydrogen) atoms. The van der Waals surface area contributed by atoms with Crippen molar-refractivity contribution in [2.45, 2.75) is 0 Å². The second kappa shape index (κ2) is 5.50. The summed E-state index contributed by atoms with van der Waals surface area (Å²) in [7, 11) is 6.39. The summed E-state index contributed by atoms with van der Waals surface area (Å²) in [6.45, 7) is 0. The summed E-state index contributed by atoms with van der Waals surface area (Å²) in [5.41, 5.74) is 1.56. The predicted molar refractivity (Wildman–Crippen MR) is 87.0 cm³/mol. The van der Waals surface area contributed by atoms with E-state index in [4.69, 9.17) is 30.5 Å². The number of nitrogens with one attached hydrogen (secondary N) is 1. The van der Waals surface area contributed by atoms with Crippen LogP contribution >= 0.6 is 11.6 Å². The van der Waals surface area contributed by atoms with E-state index in [0.717, 1.165) is 21.8 Å². The number of rotatable bonds is 4. The summed E-state index contributed by atoms with van der Waals surface area (Å²) < 4.78 is 21.8. The second-order valence-corrected chi connectivity index (χ2v) is 5.10. The summed E-state index contributed by atoms with van der Waals surface area (Å²) in [6, 6.07) is 5.52. The number of H-pyrrole nitrogens is 1. The molecule has 0 fully saturated rings. The van der Waals surface area contributed by atoms with Crippen LogP contribution in [0.1, 0.15) is 0 Å². The molecule has 0 atom stereocenters. The van der Waals surface area contributed by atoms with Crippen LogP contribution in [-0.2, 0) is 0 Å². The van der Waals surface area contributed by atoms with Gasteiger partial charge in [-0.3, -0.25) is 0 Å². The highest BCUT2D eigenvalue weighted by Gasteiger charge is 2.21. The van der Waals surface area contributed by atoms with Crippen LogP contribution in [-0.4, -0.2) is 33.4 Å². The maximum atomic E-state index is 6.20. The first-order chi connectivity index (χ1) is 10.7. The summed E-state index contributed by atoms with van der Waals surface area (Å²) in [6.07, 6.45) is 0. The van der Waals surface area contributed by atoms with Gasteiger partial charge in [0.1, 0.15) is 5.75 Å². The first-order valence-corrected chi connectivity index (χ1v) is 7.00. The topological polar surface area (TPSA) is 52.7 Å². The molecule has 0 saturated carbocycles. The van der Waals surface area contributed by atoms with Crippen LogP contribution in [0, 0.1) is 0 Å². The average molecular weight is 322 g/mol. The van der Waals surface area contributed by atoms with Crippen molar-refractivity contribution in [2.24, 2.45) is 0 Å². The molecule has 1 heterocycles. The van der Waals surface area contributed by atoms with E-state index in [1.165, 1.54) is 0 Å². The maximum absolute atomic E-state index is 6.20. The number of hydrogen-bond acceptors (Lipinski definition) is 4. The number of fused-ring (bicyclic) bond motifs is 3. The molecule has 1 N–H and O–H groups in total. The summed E-state index contributed by atoms with van der Waals surface area (Å²) in [5, 5.41) is 2.37. The lowest BCUT2D eigenvalue weighted by Crippen LogP contribution is -1.93. The number of halogens is 1. The van der Waals surface area contributed by atoms with E-state index in [0.29, 0.717) is 28.0 Å². The minimum atomic E-state index is 0.534. The molecule has 0 aliphatic heterocycles. The summed E-state index contributed by atoms with van der Waals surface area (Å²) in [5.74, 6) is 2.46. The lowest BCUT2D eigenvalue weighted by Gasteiger charge is -2.11. The van der Waals surface area contributed by atoms with Gasteiger partial charge >= 0.3 is 0 Å². The third-order valence-electron chi connectivity index (χ3n) is 3.69. The fraction of sp³-hybridized carbons (Fsp3) is 0.250. The predicted octanol–water partition coefficient (Wildman–Crippen LogP) is 4.01. The molecule has 0 aliphatic rings. The van der Waals surface area contributed by atoms with Crippen LogP contribution in [0.5, 0.6) is 23.0 Å². The van der Waals surface area contributed by atoms with Crippen LogP contribution in [0.2, 0.25) is 5.02 Å². The Morgan fingerprint density at radius 3 is 2.09 bits per heavy atom. The molecule has 1 aromatic heterocycles. The Bertz CT molecular complexity index is 857. The van der Waals surface area contributed by atoms with Gasteiger partial charge in [-0.1, -0.05) is 17.7 Å². The Morgan fingerprint density at radius 1 is 0.818 bits per heavy atom. The van der Waals surface area contributed by atoms with E-state index in [2.05, 4.69) is 4.98 Å². The molecule has 0 unspecified atom stereocenters. The second-order valence-electron chi connectivity index (χ2n) is 4.69. The van der Waals surface area contributed by atoms with Crippen molar-refractivity contribution in [2.75, 3.05) is 28.4 Å². The molecule has 3 rings (SSSR count). The van der Waals surface area contributed by atoms with E-state index in [-0.39, 0.29) is 0 Å². The molecule has 0 aliphatic carbocycles. The van der Waals surface area contributed by atoms with Gasteiger partial charge in [-0.05, 0) is 6.07 Å².